The molecule has 28 heavy (non-hydrogen) atoms. The summed E-state index contributed by atoms with van der Waals surface area (Å²) in [6.45, 7) is 3.09. The lowest BCUT2D eigenvalue weighted by Crippen LogP contribution is -2.16. The molecule has 2 aromatic carbocycles. The van der Waals surface area contributed by atoms with Gasteiger partial charge in [-0.05, 0) is 6.92 Å². The number of rotatable bonds is 8. The first-order valence-electron chi connectivity index (χ1n) is 8.52. The van der Waals surface area contributed by atoms with Gasteiger partial charge in [0.15, 0.2) is 17.6 Å². The summed E-state index contributed by atoms with van der Waals surface area (Å²) in [7, 11) is 5.94. The van der Waals surface area contributed by atoms with Gasteiger partial charge in [0.25, 0.3) is 0 Å². The van der Waals surface area contributed by atoms with Crippen molar-refractivity contribution in [3.63, 3.8) is 0 Å². The van der Waals surface area contributed by atoms with E-state index in [0.717, 1.165) is 0 Å². The largest absolute Gasteiger partial charge is 0.492 e. The first kappa shape index (κ1) is 21.1. The number of aldehydes is 1. The number of carbonyl (C=O) groups excluding carboxylic acids is 2. The van der Waals surface area contributed by atoms with Gasteiger partial charge in [-0.15, -0.1) is 0 Å². The monoisotopic (exact) mass is 388 g/mol. The number of hydrogen-bond donors (Lipinski definition) is 0. The van der Waals surface area contributed by atoms with Crippen LogP contribution in [-0.4, -0.2) is 40.7 Å². The lowest BCUT2D eigenvalue weighted by atomic mass is 9.92. The standard InChI is InChI=1S/C21H24O7/c1-12-16(19(25-4)21(27-6)20(26-5)17(12)24-3)18(28-13(2)23)15-10-8-7-9-14(15)11-22/h7-11,18H,1-6H3. The second-order valence-electron chi connectivity index (χ2n) is 5.91. The third-order valence-corrected chi connectivity index (χ3v) is 4.38. The number of hydrogen-bond acceptors (Lipinski definition) is 7. The summed E-state index contributed by atoms with van der Waals surface area (Å²) >= 11 is 0. The first-order chi connectivity index (χ1) is 13.4. The van der Waals surface area contributed by atoms with Crippen molar-refractivity contribution < 1.29 is 33.3 Å². The number of benzene rings is 2. The van der Waals surface area contributed by atoms with E-state index >= 15 is 0 Å². The Balaban J connectivity index is 2.93. The lowest BCUT2D eigenvalue weighted by molar-refractivity contribution is -0.144. The van der Waals surface area contributed by atoms with Crippen molar-refractivity contribution in [3.05, 3.63) is 46.5 Å². The first-order valence-corrected chi connectivity index (χ1v) is 8.52. The smallest absolute Gasteiger partial charge is 0.303 e. The van der Waals surface area contributed by atoms with Crippen LogP contribution in [0.3, 0.4) is 0 Å². The minimum absolute atomic E-state index is 0.295. The summed E-state index contributed by atoms with van der Waals surface area (Å²) in [5, 5.41) is 0. The summed E-state index contributed by atoms with van der Waals surface area (Å²) in [6, 6.07) is 6.87. The second-order valence-corrected chi connectivity index (χ2v) is 5.91. The highest BCUT2D eigenvalue weighted by atomic mass is 16.6. The molecule has 1 atom stereocenters. The van der Waals surface area contributed by atoms with E-state index in [1.807, 2.05) is 0 Å². The summed E-state index contributed by atoms with van der Waals surface area (Å²) in [5.41, 5.74) is 2.04. The maximum Gasteiger partial charge on any atom is 0.303 e. The zero-order valence-corrected chi connectivity index (χ0v) is 16.8. The van der Waals surface area contributed by atoms with Crippen molar-refractivity contribution in [1.29, 1.82) is 0 Å². The molecule has 1 unspecified atom stereocenters. The quantitative estimate of drug-likeness (QED) is 0.506. The lowest BCUT2D eigenvalue weighted by Gasteiger charge is -2.27. The Bertz CT molecular complexity index is 874. The molecule has 0 saturated carbocycles. The maximum absolute atomic E-state index is 11.9. The third kappa shape index (κ3) is 3.74. The number of esters is 1. The van der Waals surface area contributed by atoms with Crippen LogP contribution in [0.4, 0.5) is 0 Å². The van der Waals surface area contributed by atoms with Gasteiger partial charge in [0, 0.05) is 29.2 Å². The summed E-state index contributed by atoms with van der Waals surface area (Å²) < 4.78 is 27.7. The van der Waals surface area contributed by atoms with E-state index in [1.54, 1.807) is 31.2 Å². The van der Waals surface area contributed by atoms with Crippen molar-refractivity contribution in [1.82, 2.24) is 0 Å². The Hall–Kier alpha value is -3.22. The van der Waals surface area contributed by atoms with Crippen LogP contribution < -0.4 is 18.9 Å². The predicted molar refractivity (Wildman–Crippen MR) is 103 cm³/mol. The van der Waals surface area contributed by atoms with Crippen LogP contribution in [0.5, 0.6) is 23.0 Å². The molecule has 0 N–H and O–H groups in total. The number of carbonyl (C=O) groups is 2. The van der Waals surface area contributed by atoms with Crippen LogP contribution in [-0.2, 0) is 9.53 Å². The van der Waals surface area contributed by atoms with E-state index in [1.165, 1.54) is 35.4 Å². The molecule has 0 radical (unpaired) electrons. The number of methoxy groups -OCH3 is 4. The molecule has 0 amide bonds. The van der Waals surface area contributed by atoms with Crippen LogP contribution in [0.2, 0.25) is 0 Å². The molecule has 0 aliphatic rings. The molecule has 0 bridgehead atoms. The topological polar surface area (TPSA) is 80.3 Å². The average molecular weight is 388 g/mol. The van der Waals surface area contributed by atoms with Gasteiger partial charge in [0.1, 0.15) is 6.29 Å². The fourth-order valence-electron chi connectivity index (χ4n) is 3.23. The van der Waals surface area contributed by atoms with Gasteiger partial charge in [-0.3, -0.25) is 9.59 Å². The van der Waals surface area contributed by atoms with Gasteiger partial charge in [0.05, 0.1) is 28.4 Å². The molecule has 0 aromatic heterocycles. The summed E-state index contributed by atoms with van der Waals surface area (Å²) in [5.74, 6) is 0.873. The van der Waals surface area contributed by atoms with Crippen molar-refractivity contribution >= 4 is 12.3 Å². The molecule has 2 rings (SSSR count). The average Bonchev–Trinajstić information content (AvgIpc) is 2.70. The van der Waals surface area contributed by atoms with E-state index in [2.05, 4.69) is 0 Å². The Morgan fingerprint density at radius 1 is 0.893 bits per heavy atom. The van der Waals surface area contributed by atoms with Crippen molar-refractivity contribution in [2.75, 3.05) is 28.4 Å². The van der Waals surface area contributed by atoms with Crippen molar-refractivity contribution in [3.8, 4) is 23.0 Å². The van der Waals surface area contributed by atoms with Gasteiger partial charge >= 0.3 is 5.97 Å². The fourth-order valence-corrected chi connectivity index (χ4v) is 3.23. The predicted octanol–water partition coefficient (Wildman–Crippen LogP) is 3.49. The van der Waals surface area contributed by atoms with Crippen LogP contribution >= 0.6 is 0 Å². The zero-order valence-electron chi connectivity index (χ0n) is 16.8. The van der Waals surface area contributed by atoms with Crippen molar-refractivity contribution in [2.24, 2.45) is 0 Å². The molecule has 0 heterocycles. The van der Waals surface area contributed by atoms with E-state index in [0.29, 0.717) is 51.5 Å². The highest BCUT2D eigenvalue weighted by Crippen LogP contribution is 2.52. The molecular formula is C21H24O7. The molecule has 0 saturated heterocycles. The van der Waals surface area contributed by atoms with Gasteiger partial charge < -0.3 is 23.7 Å². The minimum atomic E-state index is -0.914. The Morgan fingerprint density at radius 2 is 1.43 bits per heavy atom. The normalized spacial score (nSPS) is 11.4. The van der Waals surface area contributed by atoms with E-state index < -0.39 is 12.1 Å². The third-order valence-electron chi connectivity index (χ3n) is 4.38. The van der Waals surface area contributed by atoms with E-state index in [4.69, 9.17) is 23.7 Å². The molecule has 0 aliphatic carbocycles. The van der Waals surface area contributed by atoms with Crippen LogP contribution in [0, 0.1) is 6.92 Å². The molecule has 2 aromatic rings. The Labute approximate surface area is 164 Å². The summed E-state index contributed by atoms with van der Waals surface area (Å²) in [4.78, 5) is 23.5. The molecular weight excluding hydrogens is 364 g/mol. The van der Waals surface area contributed by atoms with E-state index in [-0.39, 0.29) is 0 Å². The fraction of sp³-hybridized carbons (Fsp3) is 0.333. The van der Waals surface area contributed by atoms with Crippen LogP contribution in [0.25, 0.3) is 0 Å². The van der Waals surface area contributed by atoms with Crippen LogP contribution in [0.1, 0.15) is 40.1 Å². The van der Waals surface area contributed by atoms with Gasteiger partial charge in [-0.25, -0.2) is 0 Å². The molecule has 0 spiro atoms. The van der Waals surface area contributed by atoms with Crippen LogP contribution in [0.15, 0.2) is 24.3 Å². The van der Waals surface area contributed by atoms with Crippen molar-refractivity contribution in [2.45, 2.75) is 20.0 Å². The Kier molecular flexibility index (Phi) is 6.87. The summed E-state index contributed by atoms with van der Waals surface area (Å²) in [6.07, 6.45) is -0.200. The van der Waals surface area contributed by atoms with Gasteiger partial charge in [0.2, 0.25) is 11.5 Å². The Morgan fingerprint density at radius 3 is 1.93 bits per heavy atom. The number of ether oxygens (including phenoxy) is 5. The maximum atomic E-state index is 11.9. The zero-order chi connectivity index (χ0) is 20.8. The second kappa shape index (κ2) is 9.12. The molecule has 7 heteroatoms. The molecule has 150 valence electrons. The van der Waals surface area contributed by atoms with Gasteiger partial charge in [-0.2, -0.15) is 0 Å². The highest BCUT2D eigenvalue weighted by Gasteiger charge is 2.33. The SMILES string of the molecule is COc1c(C)c(C(OC(C)=O)c2ccccc2C=O)c(OC)c(OC)c1OC. The molecule has 0 aliphatic heterocycles. The molecule has 0 fully saturated rings. The molecule has 7 nitrogen and oxygen atoms in total. The minimum Gasteiger partial charge on any atom is -0.492 e. The highest BCUT2D eigenvalue weighted by molar-refractivity contribution is 5.79. The van der Waals surface area contributed by atoms with Gasteiger partial charge in [-0.1, -0.05) is 24.3 Å². The van der Waals surface area contributed by atoms with E-state index in [9.17, 15) is 9.59 Å².